The molecule has 0 aliphatic carbocycles. The summed E-state index contributed by atoms with van der Waals surface area (Å²) in [6.07, 6.45) is 0.101. The maximum absolute atomic E-state index is 13.3. The Morgan fingerprint density at radius 1 is 1.19 bits per heavy atom. The first-order valence-corrected chi connectivity index (χ1v) is 10.4. The monoisotopic (exact) mass is 386 g/mol. The van der Waals surface area contributed by atoms with Gasteiger partial charge in [0.05, 0.1) is 15.6 Å². The number of hydrogen-bond donors (Lipinski definition) is 0. The van der Waals surface area contributed by atoms with Gasteiger partial charge in [-0.3, -0.25) is 4.79 Å². The van der Waals surface area contributed by atoms with Crippen LogP contribution in [0.3, 0.4) is 0 Å². The summed E-state index contributed by atoms with van der Waals surface area (Å²) in [6.45, 7) is 3.00. The standard InChI is InChI=1S/C20H19FN2OS2/c1-13-22-17(12-25-13)19-6-5-18(26-19)14-3-2-4-15(11-14)20(24)23-9-7-16(21)8-10-23/h2-6,11-12,16H,7-10H2,1H3. The molecule has 1 aliphatic heterocycles. The summed E-state index contributed by atoms with van der Waals surface area (Å²) < 4.78 is 13.3. The average molecular weight is 387 g/mol. The normalized spacial score (nSPS) is 15.4. The number of alkyl halides is 1. The van der Waals surface area contributed by atoms with Crippen molar-refractivity contribution in [3.05, 3.63) is 52.3 Å². The molecule has 0 saturated carbocycles. The van der Waals surface area contributed by atoms with Gasteiger partial charge in [0.15, 0.2) is 0 Å². The largest absolute Gasteiger partial charge is 0.338 e. The summed E-state index contributed by atoms with van der Waals surface area (Å²) in [5.41, 5.74) is 2.70. The minimum absolute atomic E-state index is 0.00865. The van der Waals surface area contributed by atoms with Crippen molar-refractivity contribution >= 4 is 28.6 Å². The molecule has 134 valence electrons. The fourth-order valence-corrected chi connectivity index (χ4v) is 4.80. The lowest BCUT2D eigenvalue weighted by Crippen LogP contribution is -2.39. The quantitative estimate of drug-likeness (QED) is 0.602. The number of halogens is 1. The maximum Gasteiger partial charge on any atom is 0.253 e. The molecule has 3 nitrogen and oxygen atoms in total. The number of carbonyl (C=O) groups is 1. The van der Waals surface area contributed by atoms with Crippen LogP contribution in [0.25, 0.3) is 21.0 Å². The first-order chi connectivity index (χ1) is 12.6. The lowest BCUT2D eigenvalue weighted by atomic mass is 10.1. The van der Waals surface area contributed by atoms with E-state index >= 15 is 0 Å². The van der Waals surface area contributed by atoms with Crippen molar-refractivity contribution < 1.29 is 9.18 Å². The van der Waals surface area contributed by atoms with Crippen molar-refractivity contribution in [2.24, 2.45) is 0 Å². The number of benzene rings is 1. The molecule has 0 atom stereocenters. The second kappa shape index (κ2) is 7.29. The third-order valence-electron chi connectivity index (χ3n) is 4.58. The van der Waals surface area contributed by atoms with E-state index < -0.39 is 6.17 Å². The molecule has 1 fully saturated rings. The van der Waals surface area contributed by atoms with Crippen molar-refractivity contribution in [3.8, 4) is 21.0 Å². The molecule has 0 unspecified atom stereocenters. The first-order valence-electron chi connectivity index (χ1n) is 8.66. The first kappa shape index (κ1) is 17.4. The fourth-order valence-electron chi connectivity index (χ4n) is 3.15. The maximum atomic E-state index is 13.3. The highest BCUT2D eigenvalue weighted by Gasteiger charge is 2.23. The van der Waals surface area contributed by atoms with Gasteiger partial charge < -0.3 is 4.90 Å². The Morgan fingerprint density at radius 3 is 2.69 bits per heavy atom. The molecule has 3 aromatic rings. The zero-order valence-corrected chi connectivity index (χ0v) is 16.1. The van der Waals surface area contributed by atoms with Gasteiger partial charge >= 0.3 is 0 Å². The van der Waals surface area contributed by atoms with E-state index in [-0.39, 0.29) is 5.91 Å². The van der Waals surface area contributed by atoms with E-state index in [0.29, 0.717) is 31.5 Å². The van der Waals surface area contributed by atoms with E-state index in [9.17, 15) is 9.18 Å². The van der Waals surface area contributed by atoms with Gasteiger partial charge in [-0.25, -0.2) is 9.37 Å². The number of likely N-dealkylation sites (tertiary alicyclic amines) is 1. The second-order valence-electron chi connectivity index (χ2n) is 6.46. The Hall–Kier alpha value is -2.05. The van der Waals surface area contributed by atoms with E-state index in [4.69, 9.17) is 0 Å². The zero-order valence-electron chi connectivity index (χ0n) is 14.4. The predicted molar refractivity (Wildman–Crippen MR) is 106 cm³/mol. The smallest absolute Gasteiger partial charge is 0.253 e. The molecular formula is C20H19FN2OS2. The van der Waals surface area contributed by atoms with Crippen LogP contribution in [0.2, 0.25) is 0 Å². The van der Waals surface area contributed by atoms with Crippen LogP contribution in [0.1, 0.15) is 28.2 Å². The van der Waals surface area contributed by atoms with Crippen molar-refractivity contribution in [1.29, 1.82) is 0 Å². The number of amides is 1. The summed E-state index contributed by atoms with van der Waals surface area (Å²) >= 11 is 3.32. The number of aryl methyl sites for hydroxylation is 1. The molecule has 0 radical (unpaired) electrons. The minimum Gasteiger partial charge on any atom is -0.338 e. The molecule has 26 heavy (non-hydrogen) atoms. The molecular weight excluding hydrogens is 367 g/mol. The summed E-state index contributed by atoms with van der Waals surface area (Å²) in [4.78, 5) is 21.3. The van der Waals surface area contributed by atoms with Gasteiger partial charge in [-0.2, -0.15) is 0 Å². The second-order valence-corrected chi connectivity index (χ2v) is 8.61. The van der Waals surface area contributed by atoms with Gasteiger partial charge in [-0.05, 0) is 49.6 Å². The van der Waals surface area contributed by atoms with Crippen molar-refractivity contribution in [2.75, 3.05) is 13.1 Å². The Morgan fingerprint density at radius 2 is 1.96 bits per heavy atom. The SMILES string of the molecule is Cc1nc(-c2ccc(-c3cccc(C(=O)N4CCC(F)CC4)c3)s2)cs1. The molecule has 0 bridgehead atoms. The van der Waals surface area contributed by atoms with E-state index in [1.165, 1.54) is 0 Å². The van der Waals surface area contributed by atoms with E-state index in [1.807, 2.05) is 31.2 Å². The molecule has 1 saturated heterocycles. The lowest BCUT2D eigenvalue weighted by molar-refractivity contribution is 0.0667. The number of piperidine rings is 1. The molecule has 6 heteroatoms. The highest BCUT2D eigenvalue weighted by Crippen LogP contribution is 2.35. The van der Waals surface area contributed by atoms with E-state index in [1.54, 1.807) is 27.6 Å². The zero-order chi connectivity index (χ0) is 18.1. The number of carbonyl (C=O) groups excluding carboxylic acids is 1. The fraction of sp³-hybridized carbons (Fsp3) is 0.300. The van der Waals surface area contributed by atoms with Gasteiger partial charge in [-0.15, -0.1) is 22.7 Å². The van der Waals surface area contributed by atoms with Gasteiger partial charge in [-0.1, -0.05) is 12.1 Å². The van der Waals surface area contributed by atoms with Crippen LogP contribution in [-0.4, -0.2) is 35.1 Å². The van der Waals surface area contributed by atoms with Gasteiger partial charge in [0.2, 0.25) is 0 Å². The van der Waals surface area contributed by atoms with Crippen LogP contribution in [-0.2, 0) is 0 Å². The number of thiophene rings is 1. The summed E-state index contributed by atoms with van der Waals surface area (Å²) in [5, 5.41) is 3.12. The molecule has 2 aromatic heterocycles. The highest BCUT2D eigenvalue weighted by molar-refractivity contribution is 7.19. The van der Waals surface area contributed by atoms with Crippen LogP contribution in [0.15, 0.2) is 41.8 Å². The minimum atomic E-state index is -0.774. The van der Waals surface area contributed by atoms with Crippen molar-refractivity contribution in [2.45, 2.75) is 25.9 Å². The number of aromatic nitrogens is 1. The van der Waals surface area contributed by atoms with Crippen LogP contribution in [0.4, 0.5) is 4.39 Å². The van der Waals surface area contributed by atoms with E-state index in [2.05, 4.69) is 22.5 Å². The van der Waals surface area contributed by atoms with Crippen LogP contribution in [0, 0.1) is 6.92 Å². The van der Waals surface area contributed by atoms with Crippen LogP contribution >= 0.6 is 22.7 Å². The number of nitrogens with zero attached hydrogens (tertiary/aromatic N) is 2. The van der Waals surface area contributed by atoms with E-state index in [0.717, 1.165) is 26.0 Å². The Balaban J connectivity index is 1.56. The Kier molecular flexibility index (Phi) is 4.87. The summed E-state index contributed by atoms with van der Waals surface area (Å²) in [7, 11) is 0. The van der Waals surface area contributed by atoms with Gasteiger partial charge in [0.1, 0.15) is 6.17 Å². The third-order valence-corrected chi connectivity index (χ3v) is 6.51. The Labute approximate surface area is 160 Å². The molecule has 3 heterocycles. The third kappa shape index (κ3) is 3.57. The van der Waals surface area contributed by atoms with Crippen LogP contribution < -0.4 is 0 Å². The van der Waals surface area contributed by atoms with Gasteiger partial charge in [0, 0.05) is 28.9 Å². The Bertz CT molecular complexity index is 925. The molecule has 1 amide bonds. The van der Waals surface area contributed by atoms with Gasteiger partial charge in [0.25, 0.3) is 5.91 Å². The summed E-state index contributed by atoms with van der Waals surface area (Å²) in [6, 6.07) is 11.9. The lowest BCUT2D eigenvalue weighted by Gasteiger charge is -2.28. The number of rotatable bonds is 3. The highest BCUT2D eigenvalue weighted by atomic mass is 32.1. The molecule has 0 N–H and O–H groups in total. The summed E-state index contributed by atoms with van der Waals surface area (Å²) in [5.74, 6) is -0.00865. The number of hydrogen-bond acceptors (Lipinski definition) is 4. The molecule has 1 aromatic carbocycles. The number of thiazole rings is 1. The van der Waals surface area contributed by atoms with Crippen molar-refractivity contribution in [3.63, 3.8) is 0 Å². The molecule has 4 rings (SSSR count). The molecule has 1 aliphatic rings. The predicted octanol–water partition coefficient (Wildman–Crippen LogP) is 5.42. The topological polar surface area (TPSA) is 33.2 Å². The average Bonchev–Trinajstić information content (AvgIpc) is 3.31. The molecule has 0 spiro atoms. The van der Waals surface area contributed by atoms with Crippen molar-refractivity contribution in [1.82, 2.24) is 9.88 Å². The van der Waals surface area contributed by atoms with Crippen LogP contribution in [0.5, 0.6) is 0 Å².